The van der Waals surface area contributed by atoms with Crippen LogP contribution in [-0.4, -0.2) is 53.3 Å². The summed E-state index contributed by atoms with van der Waals surface area (Å²) < 4.78 is 12.1. The maximum atomic E-state index is 12.1. The van der Waals surface area contributed by atoms with Gasteiger partial charge in [-0.3, -0.25) is 14.0 Å². The van der Waals surface area contributed by atoms with E-state index in [1.165, 1.54) is 0 Å². The first-order valence-electron chi connectivity index (χ1n) is 9.31. The summed E-state index contributed by atoms with van der Waals surface area (Å²) >= 11 is 0. The molecule has 3 unspecified atom stereocenters. The number of rotatable bonds is 7. The molecule has 0 spiro atoms. The van der Waals surface area contributed by atoms with Gasteiger partial charge in [0.25, 0.3) is 5.91 Å². The van der Waals surface area contributed by atoms with Crippen LogP contribution in [0, 0.1) is 0 Å². The van der Waals surface area contributed by atoms with Crippen molar-refractivity contribution in [2.75, 3.05) is 25.9 Å². The minimum Gasteiger partial charge on any atom is -0.355 e. The van der Waals surface area contributed by atoms with Gasteiger partial charge in [-0.05, 0) is 31.4 Å². The molecule has 3 atom stereocenters. The summed E-state index contributed by atoms with van der Waals surface area (Å²) in [6.45, 7) is 3.09. The summed E-state index contributed by atoms with van der Waals surface area (Å²) in [6.07, 6.45) is 4.14. The van der Waals surface area contributed by atoms with Crippen molar-refractivity contribution in [3.63, 3.8) is 0 Å². The van der Waals surface area contributed by atoms with Crippen molar-refractivity contribution < 1.29 is 9.00 Å². The Balaban J connectivity index is 0.00000364. The standard InChI is InChI=1S/C19H30N4O2S.HI/c1-3-26(25)17-11-7-10-16(14-17)23-19(20-2)22-13-12-21-18(24)15-8-5-4-6-9-15;/h4-6,8-9,16-17H,3,7,10-14H2,1-2H3,(H,21,24)(H2,20,22,23);1H. The van der Waals surface area contributed by atoms with E-state index in [2.05, 4.69) is 20.9 Å². The van der Waals surface area contributed by atoms with E-state index >= 15 is 0 Å². The van der Waals surface area contributed by atoms with Crippen LogP contribution in [-0.2, 0) is 10.8 Å². The number of guanidine groups is 1. The maximum absolute atomic E-state index is 12.1. The van der Waals surface area contributed by atoms with Crippen molar-refractivity contribution in [1.29, 1.82) is 0 Å². The fourth-order valence-electron chi connectivity index (χ4n) is 3.19. The third-order valence-electron chi connectivity index (χ3n) is 4.59. The minimum absolute atomic E-state index is 0. The first-order chi connectivity index (χ1) is 12.6. The number of nitrogens with zero attached hydrogens (tertiary/aromatic N) is 1. The number of nitrogens with one attached hydrogen (secondary N) is 3. The molecule has 152 valence electrons. The SMILES string of the molecule is CCS(=O)C1CCCC(NC(=NC)NCCNC(=O)c2ccccc2)C1.I. The molecule has 0 bridgehead atoms. The Morgan fingerprint density at radius 1 is 1.19 bits per heavy atom. The van der Waals surface area contributed by atoms with E-state index in [9.17, 15) is 9.00 Å². The zero-order valence-corrected chi connectivity index (χ0v) is 19.2. The molecule has 1 aliphatic carbocycles. The van der Waals surface area contributed by atoms with Crippen LogP contribution in [0.2, 0.25) is 0 Å². The monoisotopic (exact) mass is 506 g/mol. The van der Waals surface area contributed by atoms with Crippen molar-refractivity contribution >= 4 is 46.6 Å². The number of carbonyl (C=O) groups is 1. The smallest absolute Gasteiger partial charge is 0.251 e. The van der Waals surface area contributed by atoms with E-state index < -0.39 is 10.8 Å². The van der Waals surface area contributed by atoms with E-state index in [1.807, 2.05) is 25.1 Å². The van der Waals surface area contributed by atoms with Crippen molar-refractivity contribution in [2.45, 2.75) is 43.9 Å². The van der Waals surface area contributed by atoms with Gasteiger partial charge in [0.2, 0.25) is 0 Å². The van der Waals surface area contributed by atoms with E-state index in [1.54, 1.807) is 19.2 Å². The molecule has 0 saturated heterocycles. The summed E-state index contributed by atoms with van der Waals surface area (Å²) in [5.41, 5.74) is 0.659. The van der Waals surface area contributed by atoms with Crippen LogP contribution in [0.15, 0.2) is 35.3 Å². The normalized spacial score (nSPS) is 20.9. The van der Waals surface area contributed by atoms with Gasteiger partial charge >= 0.3 is 0 Å². The fraction of sp³-hybridized carbons (Fsp3) is 0.579. The van der Waals surface area contributed by atoms with E-state index in [-0.39, 0.29) is 35.1 Å². The highest BCUT2D eigenvalue weighted by atomic mass is 127. The highest BCUT2D eigenvalue weighted by Gasteiger charge is 2.25. The van der Waals surface area contributed by atoms with E-state index in [4.69, 9.17) is 0 Å². The molecule has 0 radical (unpaired) electrons. The molecule has 0 heterocycles. The Bertz CT molecular complexity index is 627. The Kier molecular flexibility index (Phi) is 11.6. The van der Waals surface area contributed by atoms with Gasteiger partial charge in [-0.15, -0.1) is 24.0 Å². The quantitative estimate of drug-likeness (QED) is 0.230. The topological polar surface area (TPSA) is 82.6 Å². The average Bonchev–Trinajstić information content (AvgIpc) is 2.70. The van der Waals surface area contributed by atoms with Crippen molar-refractivity contribution in [3.05, 3.63) is 35.9 Å². The second-order valence-electron chi connectivity index (χ2n) is 6.42. The zero-order valence-electron chi connectivity index (χ0n) is 16.1. The predicted molar refractivity (Wildman–Crippen MR) is 123 cm³/mol. The molecular formula is C19H31IN4O2S. The minimum atomic E-state index is -0.729. The summed E-state index contributed by atoms with van der Waals surface area (Å²) in [6, 6.07) is 9.48. The van der Waals surface area contributed by atoms with Gasteiger partial charge in [0.1, 0.15) is 0 Å². The third kappa shape index (κ3) is 8.16. The molecule has 0 aromatic heterocycles. The van der Waals surface area contributed by atoms with Gasteiger partial charge in [0, 0.05) is 53.5 Å². The molecule has 0 aliphatic heterocycles. The molecule has 2 rings (SSSR count). The molecule has 27 heavy (non-hydrogen) atoms. The van der Waals surface area contributed by atoms with Crippen LogP contribution >= 0.6 is 24.0 Å². The first-order valence-corrected chi connectivity index (χ1v) is 10.7. The molecule has 8 heteroatoms. The fourth-order valence-corrected chi connectivity index (χ4v) is 4.53. The third-order valence-corrected chi connectivity index (χ3v) is 6.33. The lowest BCUT2D eigenvalue weighted by atomic mass is 9.95. The van der Waals surface area contributed by atoms with Crippen LogP contribution in [0.3, 0.4) is 0 Å². The van der Waals surface area contributed by atoms with Crippen LogP contribution < -0.4 is 16.0 Å². The van der Waals surface area contributed by atoms with E-state index in [0.29, 0.717) is 24.7 Å². The predicted octanol–water partition coefficient (Wildman–Crippen LogP) is 2.28. The molecule has 1 fully saturated rings. The van der Waals surface area contributed by atoms with Crippen molar-refractivity contribution in [2.24, 2.45) is 4.99 Å². The molecule has 1 aliphatic rings. The number of benzene rings is 1. The lowest BCUT2D eigenvalue weighted by molar-refractivity contribution is 0.0954. The van der Waals surface area contributed by atoms with Gasteiger partial charge in [0.05, 0.1) is 0 Å². The van der Waals surface area contributed by atoms with Gasteiger partial charge in [-0.1, -0.05) is 31.5 Å². The lowest BCUT2D eigenvalue weighted by Gasteiger charge is -2.30. The molecule has 1 aromatic carbocycles. The Labute approximate surface area is 181 Å². The molecular weight excluding hydrogens is 475 g/mol. The number of amides is 1. The number of carbonyl (C=O) groups excluding carboxylic acids is 1. The van der Waals surface area contributed by atoms with E-state index in [0.717, 1.165) is 37.4 Å². The molecule has 1 saturated carbocycles. The van der Waals surface area contributed by atoms with Crippen LogP contribution in [0.25, 0.3) is 0 Å². The van der Waals surface area contributed by atoms with Crippen LogP contribution in [0.5, 0.6) is 0 Å². The largest absolute Gasteiger partial charge is 0.355 e. The van der Waals surface area contributed by atoms with Crippen LogP contribution in [0.4, 0.5) is 0 Å². The summed E-state index contributed by atoms with van der Waals surface area (Å²) in [7, 11) is 1.01. The second kappa shape index (κ2) is 13.1. The highest BCUT2D eigenvalue weighted by molar-refractivity contribution is 14.0. The Hall–Kier alpha value is -1.16. The maximum Gasteiger partial charge on any atom is 0.251 e. The Morgan fingerprint density at radius 3 is 2.56 bits per heavy atom. The summed E-state index contributed by atoms with van der Waals surface area (Å²) in [5.74, 6) is 1.38. The summed E-state index contributed by atoms with van der Waals surface area (Å²) in [5, 5.41) is 9.83. The Morgan fingerprint density at radius 2 is 1.89 bits per heavy atom. The molecule has 3 N–H and O–H groups in total. The van der Waals surface area contributed by atoms with Gasteiger partial charge in [-0.2, -0.15) is 0 Å². The molecule has 6 nitrogen and oxygen atoms in total. The molecule has 1 amide bonds. The van der Waals surface area contributed by atoms with Crippen LogP contribution in [0.1, 0.15) is 43.0 Å². The van der Waals surface area contributed by atoms with Gasteiger partial charge in [-0.25, -0.2) is 0 Å². The first kappa shape index (κ1) is 23.9. The second-order valence-corrected chi connectivity index (χ2v) is 8.43. The van der Waals surface area contributed by atoms with Gasteiger partial charge in [0.15, 0.2) is 5.96 Å². The van der Waals surface area contributed by atoms with Gasteiger partial charge < -0.3 is 16.0 Å². The number of halogens is 1. The molecule has 1 aromatic rings. The van der Waals surface area contributed by atoms with Crippen molar-refractivity contribution in [3.8, 4) is 0 Å². The number of aliphatic imine (C=N–C) groups is 1. The zero-order chi connectivity index (χ0) is 18.8. The average molecular weight is 506 g/mol. The number of hydrogen-bond donors (Lipinski definition) is 3. The van der Waals surface area contributed by atoms with Crippen molar-refractivity contribution in [1.82, 2.24) is 16.0 Å². The highest BCUT2D eigenvalue weighted by Crippen LogP contribution is 2.22. The number of hydrogen-bond acceptors (Lipinski definition) is 3. The summed E-state index contributed by atoms with van der Waals surface area (Å²) in [4.78, 5) is 16.2. The lowest BCUT2D eigenvalue weighted by Crippen LogP contribution is -2.48.